The fourth-order valence-electron chi connectivity index (χ4n) is 6.24. The SMILES string of the molecule is Cc1cccc(Cl)c1C(=O)CC1(C)CCN(c2ccc(-c3cc(OCCN4CCOCC4)cn4ncc(C#N)c34)cn2)CC1. The number of halogens is 1. The average Bonchev–Trinajstić information content (AvgIpc) is 3.45. The molecule has 0 radical (unpaired) electrons. The van der Waals surface area contributed by atoms with Gasteiger partial charge in [0.1, 0.15) is 24.2 Å². The predicted octanol–water partition coefficient (Wildman–Crippen LogP) is 5.82. The molecule has 6 rings (SSSR count). The van der Waals surface area contributed by atoms with Gasteiger partial charge in [-0.2, -0.15) is 10.4 Å². The number of nitriles is 1. The van der Waals surface area contributed by atoms with Crippen LogP contribution in [0.3, 0.4) is 0 Å². The minimum absolute atomic E-state index is 0.0946. The summed E-state index contributed by atoms with van der Waals surface area (Å²) in [5.41, 5.74) is 4.44. The number of fused-ring (bicyclic) bond motifs is 1. The van der Waals surface area contributed by atoms with Gasteiger partial charge in [-0.15, -0.1) is 0 Å². The number of aryl methyl sites for hydroxylation is 1. The summed E-state index contributed by atoms with van der Waals surface area (Å²) in [5, 5.41) is 14.7. The zero-order chi connectivity index (χ0) is 30.7. The third-order valence-corrected chi connectivity index (χ3v) is 9.24. The fourth-order valence-corrected chi connectivity index (χ4v) is 6.57. The number of anilines is 1. The molecule has 0 N–H and O–H groups in total. The molecule has 1 aromatic carbocycles. The standard InChI is InChI=1S/C34H37ClN6O3/c1-24-4-3-5-29(35)32(24)30(42)19-34(2)8-10-40(11-9-34)31-7-6-25(21-37-31)28-18-27(23-41-33(28)26(20-36)22-38-41)44-17-14-39-12-15-43-16-13-39/h3-7,18,21-23H,8-17,19H2,1-2H3. The maximum Gasteiger partial charge on any atom is 0.165 e. The highest BCUT2D eigenvalue weighted by Gasteiger charge is 2.33. The number of hydrogen-bond acceptors (Lipinski definition) is 8. The van der Waals surface area contributed by atoms with E-state index in [2.05, 4.69) is 27.9 Å². The van der Waals surface area contributed by atoms with E-state index >= 15 is 0 Å². The van der Waals surface area contributed by atoms with E-state index in [-0.39, 0.29) is 11.2 Å². The first-order valence-electron chi connectivity index (χ1n) is 15.2. The van der Waals surface area contributed by atoms with Gasteiger partial charge in [-0.25, -0.2) is 9.50 Å². The van der Waals surface area contributed by atoms with Crippen molar-refractivity contribution < 1.29 is 14.3 Å². The summed E-state index contributed by atoms with van der Waals surface area (Å²) in [6.45, 7) is 10.5. The van der Waals surface area contributed by atoms with Crippen molar-refractivity contribution in [3.05, 3.63) is 76.7 Å². The molecular formula is C34H37ClN6O3. The van der Waals surface area contributed by atoms with Gasteiger partial charge < -0.3 is 14.4 Å². The second-order valence-electron chi connectivity index (χ2n) is 12.1. The number of carbonyl (C=O) groups excluding carboxylic acids is 1. The number of nitrogens with zero attached hydrogens (tertiary/aromatic N) is 6. The Morgan fingerprint density at radius 3 is 2.64 bits per heavy atom. The number of carbonyl (C=O) groups is 1. The smallest absolute Gasteiger partial charge is 0.165 e. The summed E-state index contributed by atoms with van der Waals surface area (Å²) in [5.74, 6) is 1.70. The van der Waals surface area contributed by atoms with Crippen LogP contribution in [0.25, 0.3) is 16.6 Å². The highest BCUT2D eigenvalue weighted by atomic mass is 35.5. The Balaban J connectivity index is 1.14. The Bertz CT molecular complexity index is 1660. The molecule has 10 heteroatoms. The first-order valence-corrected chi connectivity index (χ1v) is 15.6. The Hall–Kier alpha value is -3.97. The molecule has 0 spiro atoms. The van der Waals surface area contributed by atoms with Crippen molar-refractivity contribution in [3.8, 4) is 22.9 Å². The summed E-state index contributed by atoms with van der Waals surface area (Å²) in [7, 11) is 0. The molecule has 2 saturated heterocycles. The number of ether oxygens (including phenoxy) is 2. The lowest BCUT2D eigenvalue weighted by Gasteiger charge is -2.39. The molecule has 2 aliphatic heterocycles. The van der Waals surface area contributed by atoms with Crippen LogP contribution in [0, 0.1) is 23.7 Å². The second kappa shape index (κ2) is 12.9. The lowest BCUT2D eigenvalue weighted by molar-refractivity contribution is 0.0322. The Kier molecular flexibility index (Phi) is 8.85. The topological polar surface area (TPSA) is 96.0 Å². The van der Waals surface area contributed by atoms with E-state index in [1.54, 1.807) is 16.8 Å². The van der Waals surface area contributed by atoms with Gasteiger partial charge in [0.25, 0.3) is 0 Å². The Morgan fingerprint density at radius 1 is 1.14 bits per heavy atom. The monoisotopic (exact) mass is 612 g/mol. The number of Topliss-reactive ketones (excluding diaryl/α,β-unsaturated/α-hetero) is 1. The maximum atomic E-state index is 13.2. The summed E-state index contributed by atoms with van der Waals surface area (Å²) in [4.78, 5) is 22.6. The molecule has 0 unspecified atom stereocenters. The molecule has 0 aliphatic carbocycles. The van der Waals surface area contributed by atoms with E-state index < -0.39 is 0 Å². The minimum atomic E-state index is -0.0946. The van der Waals surface area contributed by atoms with Gasteiger partial charge in [0.15, 0.2) is 5.78 Å². The van der Waals surface area contributed by atoms with Crippen molar-refractivity contribution in [2.45, 2.75) is 33.1 Å². The minimum Gasteiger partial charge on any atom is -0.491 e. The lowest BCUT2D eigenvalue weighted by Crippen LogP contribution is -2.40. The molecule has 228 valence electrons. The number of piperidine rings is 1. The van der Waals surface area contributed by atoms with Crippen LogP contribution in [0.4, 0.5) is 5.82 Å². The molecule has 5 heterocycles. The molecule has 2 aliphatic rings. The van der Waals surface area contributed by atoms with E-state index in [0.29, 0.717) is 34.9 Å². The highest BCUT2D eigenvalue weighted by Crippen LogP contribution is 2.38. The van der Waals surface area contributed by atoms with Crippen molar-refractivity contribution in [3.63, 3.8) is 0 Å². The number of morpholine rings is 1. The van der Waals surface area contributed by atoms with Crippen molar-refractivity contribution in [1.29, 1.82) is 5.26 Å². The molecule has 44 heavy (non-hydrogen) atoms. The number of hydrogen-bond donors (Lipinski definition) is 0. The molecule has 0 saturated carbocycles. The van der Waals surface area contributed by atoms with Crippen LogP contribution in [-0.4, -0.2) is 77.8 Å². The quantitative estimate of drug-likeness (QED) is 0.218. The summed E-state index contributed by atoms with van der Waals surface area (Å²) in [6.07, 6.45) is 7.51. The van der Waals surface area contributed by atoms with E-state index in [4.69, 9.17) is 26.1 Å². The third-order valence-electron chi connectivity index (χ3n) is 8.93. The highest BCUT2D eigenvalue weighted by molar-refractivity contribution is 6.34. The molecule has 0 bridgehead atoms. The summed E-state index contributed by atoms with van der Waals surface area (Å²) >= 11 is 6.38. The number of ketones is 1. The molecular weight excluding hydrogens is 576 g/mol. The third kappa shape index (κ3) is 6.43. The van der Waals surface area contributed by atoms with Crippen molar-refractivity contribution >= 4 is 28.7 Å². The Morgan fingerprint density at radius 2 is 1.93 bits per heavy atom. The van der Waals surface area contributed by atoms with Gasteiger partial charge >= 0.3 is 0 Å². The number of pyridine rings is 2. The molecule has 2 fully saturated rings. The number of rotatable bonds is 9. The van der Waals surface area contributed by atoms with Gasteiger partial charge in [-0.3, -0.25) is 9.69 Å². The molecule has 0 atom stereocenters. The maximum absolute atomic E-state index is 13.2. The second-order valence-corrected chi connectivity index (χ2v) is 12.5. The van der Waals surface area contributed by atoms with Crippen molar-refractivity contribution in [1.82, 2.24) is 19.5 Å². The van der Waals surface area contributed by atoms with Gasteiger partial charge in [0.05, 0.1) is 41.7 Å². The van der Waals surface area contributed by atoms with Crippen molar-refractivity contribution in [2.75, 3.05) is 57.4 Å². The summed E-state index contributed by atoms with van der Waals surface area (Å²) in [6, 6.07) is 13.9. The first-order chi connectivity index (χ1) is 21.3. The largest absolute Gasteiger partial charge is 0.491 e. The van der Waals surface area contributed by atoms with Gasteiger partial charge in [-0.1, -0.05) is 30.7 Å². The van der Waals surface area contributed by atoms with Crippen LogP contribution >= 0.6 is 11.6 Å². The van der Waals surface area contributed by atoms with Crippen LogP contribution in [0.1, 0.15) is 47.7 Å². The molecule has 4 aromatic rings. The normalized spacial score (nSPS) is 17.0. The lowest BCUT2D eigenvalue weighted by atomic mass is 9.75. The first kappa shape index (κ1) is 30.1. The van der Waals surface area contributed by atoms with Gasteiger partial charge in [-0.05, 0) is 55.0 Å². The Labute approximate surface area is 263 Å². The predicted molar refractivity (Wildman–Crippen MR) is 171 cm³/mol. The van der Waals surface area contributed by atoms with E-state index in [1.165, 1.54) is 0 Å². The van der Waals surface area contributed by atoms with Crippen LogP contribution < -0.4 is 9.64 Å². The van der Waals surface area contributed by atoms with Crippen LogP contribution in [-0.2, 0) is 4.74 Å². The van der Waals surface area contributed by atoms with E-state index in [1.807, 2.05) is 49.6 Å². The fraction of sp³-hybridized carbons (Fsp3) is 0.412. The van der Waals surface area contributed by atoms with Crippen LogP contribution in [0.2, 0.25) is 5.02 Å². The number of aromatic nitrogens is 3. The van der Waals surface area contributed by atoms with E-state index in [0.717, 1.165) is 86.8 Å². The zero-order valence-electron chi connectivity index (χ0n) is 25.3. The van der Waals surface area contributed by atoms with Crippen LogP contribution in [0.5, 0.6) is 5.75 Å². The molecule has 9 nitrogen and oxygen atoms in total. The van der Waals surface area contributed by atoms with Gasteiger partial charge in [0, 0.05) is 62.0 Å². The van der Waals surface area contributed by atoms with Crippen molar-refractivity contribution in [2.24, 2.45) is 5.41 Å². The van der Waals surface area contributed by atoms with Gasteiger partial charge in [0.2, 0.25) is 0 Å². The van der Waals surface area contributed by atoms with E-state index in [9.17, 15) is 10.1 Å². The van der Waals surface area contributed by atoms with Crippen LogP contribution in [0.15, 0.2) is 55.0 Å². The average molecular weight is 613 g/mol. The zero-order valence-corrected chi connectivity index (χ0v) is 26.0. The molecule has 0 amide bonds. The number of benzene rings is 1. The molecule has 3 aromatic heterocycles. The summed E-state index contributed by atoms with van der Waals surface area (Å²) < 4.78 is 13.3.